The molecule has 0 unspecified atom stereocenters. The highest BCUT2D eigenvalue weighted by Crippen LogP contribution is 2.43. The Morgan fingerprint density at radius 3 is 2.56 bits per heavy atom. The molecule has 128 valence electrons. The molecule has 3 aromatic rings. The first-order valence-corrected chi connectivity index (χ1v) is 7.84. The van der Waals surface area contributed by atoms with Crippen molar-refractivity contribution in [2.24, 2.45) is 0 Å². The van der Waals surface area contributed by atoms with Crippen molar-refractivity contribution in [1.82, 2.24) is 4.98 Å². The standard InChI is InChI=1S/C20H18N2O2.ClH/c1-23-17-12-15-9-11-22(13-14-6-4-3-5-7-14)16-8-10-21-19(18(15)16)20(17)24-2;/h3-12H,13H2,1-2H3;1H. The number of hydrogen-bond acceptors (Lipinski definition) is 4. The molecule has 0 radical (unpaired) electrons. The second-order valence-corrected chi connectivity index (χ2v) is 5.68. The van der Waals surface area contributed by atoms with Crippen molar-refractivity contribution in [1.29, 1.82) is 0 Å². The van der Waals surface area contributed by atoms with Crippen LogP contribution in [0.25, 0.3) is 17.0 Å². The highest BCUT2D eigenvalue weighted by Gasteiger charge is 2.21. The van der Waals surface area contributed by atoms with Crippen molar-refractivity contribution >= 4 is 35.1 Å². The molecule has 1 aliphatic heterocycles. The van der Waals surface area contributed by atoms with Crippen LogP contribution < -0.4 is 14.4 Å². The normalized spacial score (nSPS) is 12.0. The molecule has 0 saturated heterocycles. The van der Waals surface area contributed by atoms with E-state index < -0.39 is 0 Å². The van der Waals surface area contributed by atoms with Gasteiger partial charge in [-0.2, -0.15) is 0 Å². The van der Waals surface area contributed by atoms with E-state index in [2.05, 4.69) is 46.4 Å². The molecule has 2 heterocycles. The second kappa shape index (κ2) is 7.03. The molecule has 0 fully saturated rings. The van der Waals surface area contributed by atoms with Gasteiger partial charge in [0.25, 0.3) is 0 Å². The Labute approximate surface area is 153 Å². The van der Waals surface area contributed by atoms with Gasteiger partial charge in [-0.15, -0.1) is 12.4 Å². The zero-order valence-corrected chi connectivity index (χ0v) is 14.9. The van der Waals surface area contributed by atoms with Crippen LogP contribution in [0.5, 0.6) is 11.5 Å². The molecular weight excluding hydrogens is 336 g/mol. The summed E-state index contributed by atoms with van der Waals surface area (Å²) >= 11 is 0. The van der Waals surface area contributed by atoms with E-state index in [9.17, 15) is 0 Å². The Morgan fingerprint density at radius 1 is 1.04 bits per heavy atom. The number of methoxy groups -OCH3 is 2. The molecule has 1 aromatic heterocycles. The lowest BCUT2D eigenvalue weighted by atomic mass is 10.0. The SMILES string of the molecule is COc1cc2c3c(ccnc3c1OC)N(Cc1ccccc1)C=C2.Cl. The zero-order valence-electron chi connectivity index (χ0n) is 14.1. The van der Waals surface area contributed by atoms with Gasteiger partial charge < -0.3 is 14.4 Å². The summed E-state index contributed by atoms with van der Waals surface area (Å²) in [5.74, 6) is 1.37. The summed E-state index contributed by atoms with van der Waals surface area (Å²) in [7, 11) is 3.29. The molecule has 4 nitrogen and oxygen atoms in total. The van der Waals surface area contributed by atoms with Crippen LogP contribution in [0.4, 0.5) is 5.69 Å². The van der Waals surface area contributed by atoms with Crippen molar-refractivity contribution in [2.45, 2.75) is 6.54 Å². The lowest BCUT2D eigenvalue weighted by molar-refractivity contribution is 0.358. The molecule has 0 aliphatic carbocycles. The van der Waals surface area contributed by atoms with E-state index in [4.69, 9.17) is 9.47 Å². The average molecular weight is 355 g/mol. The van der Waals surface area contributed by atoms with Crippen LogP contribution in [0.1, 0.15) is 11.1 Å². The smallest absolute Gasteiger partial charge is 0.187 e. The van der Waals surface area contributed by atoms with Crippen molar-refractivity contribution in [3.63, 3.8) is 0 Å². The Balaban J connectivity index is 0.00000182. The first-order valence-electron chi connectivity index (χ1n) is 7.84. The first kappa shape index (κ1) is 17.1. The van der Waals surface area contributed by atoms with Gasteiger partial charge in [-0.05, 0) is 29.3 Å². The third-order valence-corrected chi connectivity index (χ3v) is 4.31. The molecule has 0 saturated carbocycles. The number of ether oxygens (including phenoxy) is 2. The summed E-state index contributed by atoms with van der Waals surface area (Å²) in [5, 5.41) is 1.09. The molecular formula is C20H19ClN2O2. The van der Waals surface area contributed by atoms with E-state index >= 15 is 0 Å². The third kappa shape index (κ3) is 2.89. The van der Waals surface area contributed by atoms with Gasteiger partial charge in [0.1, 0.15) is 5.52 Å². The van der Waals surface area contributed by atoms with Gasteiger partial charge in [0.05, 0.1) is 19.9 Å². The molecule has 25 heavy (non-hydrogen) atoms. The fourth-order valence-electron chi connectivity index (χ4n) is 3.19. The number of halogens is 1. The van der Waals surface area contributed by atoms with Crippen molar-refractivity contribution in [3.05, 3.63) is 66.0 Å². The maximum Gasteiger partial charge on any atom is 0.187 e. The maximum atomic E-state index is 5.55. The van der Waals surface area contributed by atoms with Gasteiger partial charge >= 0.3 is 0 Å². The van der Waals surface area contributed by atoms with Crippen molar-refractivity contribution in [3.8, 4) is 11.5 Å². The number of pyridine rings is 1. The van der Waals surface area contributed by atoms with Crippen LogP contribution in [-0.4, -0.2) is 19.2 Å². The summed E-state index contributed by atoms with van der Waals surface area (Å²) < 4.78 is 11.0. The monoisotopic (exact) mass is 354 g/mol. The first-order chi connectivity index (χ1) is 11.8. The molecule has 2 aromatic carbocycles. The minimum Gasteiger partial charge on any atom is -0.493 e. The van der Waals surface area contributed by atoms with Gasteiger partial charge in [-0.1, -0.05) is 30.3 Å². The van der Waals surface area contributed by atoms with E-state index in [1.54, 1.807) is 14.2 Å². The largest absolute Gasteiger partial charge is 0.493 e. The Bertz CT molecular complexity index is 926. The maximum absolute atomic E-state index is 5.55. The van der Waals surface area contributed by atoms with Gasteiger partial charge in [-0.3, -0.25) is 4.98 Å². The molecule has 0 bridgehead atoms. The van der Waals surface area contributed by atoms with Gasteiger partial charge in [0.2, 0.25) is 0 Å². The number of hydrogen-bond donors (Lipinski definition) is 0. The summed E-state index contributed by atoms with van der Waals surface area (Å²) in [6, 6.07) is 14.5. The summed E-state index contributed by atoms with van der Waals surface area (Å²) in [6.45, 7) is 0.810. The summed E-state index contributed by atoms with van der Waals surface area (Å²) in [5.41, 5.74) is 4.31. The van der Waals surface area contributed by atoms with Gasteiger partial charge in [0.15, 0.2) is 11.5 Å². The molecule has 1 aliphatic rings. The average Bonchev–Trinajstić information content (AvgIpc) is 2.64. The predicted octanol–water partition coefficient (Wildman–Crippen LogP) is 4.66. The number of nitrogens with zero attached hydrogens (tertiary/aromatic N) is 2. The third-order valence-electron chi connectivity index (χ3n) is 4.31. The minimum atomic E-state index is 0. The summed E-state index contributed by atoms with van der Waals surface area (Å²) in [6.07, 6.45) is 6.03. The van der Waals surface area contributed by atoms with Crippen LogP contribution in [0.15, 0.2) is 54.9 Å². The van der Waals surface area contributed by atoms with Crippen LogP contribution in [0, 0.1) is 0 Å². The topological polar surface area (TPSA) is 34.6 Å². The highest BCUT2D eigenvalue weighted by atomic mass is 35.5. The predicted molar refractivity (Wildman–Crippen MR) is 104 cm³/mol. The van der Waals surface area contributed by atoms with Crippen LogP contribution in [-0.2, 0) is 6.54 Å². The fourth-order valence-corrected chi connectivity index (χ4v) is 3.19. The zero-order chi connectivity index (χ0) is 16.5. The number of rotatable bonds is 4. The Kier molecular flexibility index (Phi) is 4.81. The molecule has 0 atom stereocenters. The van der Waals surface area contributed by atoms with E-state index in [1.165, 1.54) is 5.56 Å². The highest BCUT2D eigenvalue weighted by molar-refractivity contribution is 6.04. The van der Waals surface area contributed by atoms with Crippen LogP contribution in [0.2, 0.25) is 0 Å². The van der Waals surface area contributed by atoms with Gasteiger partial charge in [0, 0.05) is 24.3 Å². The van der Waals surface area contributed by atoms with Crippen LogP contribution >= 0.6 is 12.4 Å². The Morgan fingerprint density at radius 2 is 1.84 bits per heavy atom. The lowest BCUT2D eigenvalue weighted by Crippen LogP contribution is -2.18. The van der Waals surface area contributed by atoms with E-state index in [0.717, 1.165) is 28.7 Å². The number of anilines is 1. The van der Waals surface area contributed by atoms with E-state index in [1.807, 2.05) is 24.4 Å². The van der Waals surface area contributed by atoms with Crippen molar-refractivity contribution < 1.29 is 9.47 Å². The molecule has 0 spiro atoms. The van der Waals surface area contributed by atoms with E-state index in [-0.39, 0.29) is 12.4 Å². The minimum absolute atomic E-state index is 0. The number of aromatic nitrogens is 1. The Hall–Kier alpha value is -2.72. The number of benzene rings is 2. The second-order valence-electron chi connectivity index (χ2n) is 5.68. The quantitative estimate of drug-likeness (QED) is 0.682. The molecule has 0 N–H and O–H groups in total. The molecule has 4 rings (SSSR count). The van der Waals surface area contributed by atoms with Gasteiger partial charge in [-0.25, -0.2) is 0 Å². The fraction of sp³-hybridized carbons (Fsp3) is 0.150. The molecule has 5 heteroatoms. The van der Waals surface area contributed by atoms with Crippen LogP contribution in [0.3, 0.4) is 0 Å². The molecule has 0 amide bonds. The lowest BCUT2D eigenvalue weighted by Gasteiger charge is -2.27. The van der Waals surface area contributed by atoms with E-state index in [0.29, 0.717) is 11.5 Å². The summed E-state index contributed by atoms with van der Waals surface area (Å²) in [4.78, 5) is 6.77. The van der Waals surface area contributed by atoms with Crippen molar-refractivity contribution in [2.75, 3.05) is 19.1 Å².